The lowest BCUT2D eigenvalue weighted by molar-refractivity contribution is 1.24. The smallest absolute Gasteiger partial charge is 0.109 e. The minimum absolute atomic E-state index is 0.807. The molecule has 0 aliphatic heterocycles. The van der Waals surface area contributed by atoms with Gasteiger partial charge >= 0.3 is 0 Å². The second-order valence-corrected chi connectivity index (χ2v) is 1.86. The molecule has 0 spiro atoms. The van der Waals surface area contributed by atoms with Crippen molar-refractivity contribution in [2.75, 3.05) is 0 Å². The van der Waals surface area contributed by atoms with E-state index in [9.17, 15) is 0 Å². The van der Waals surface area contributed by atoms with Crippen molar-refractivity contribution < 1.29 is 0 Å². The van der Waals surface area contributed by atoms with Crippen molar-refractivity contribution in [3.63, 3.8) is 0 Å². The number of fused-ring (bicyclic) bond motifs is 1. The topological polar surface area (TPSA) is 38.7 Å². The van der Waals surface area contributed by atoms with Gasteiger partial charge in [0.15, 0.2) is 0 Å². The molecule has 0 amide bonds. The second-order valence-electron chi connectivity index (χ2n) is 1.86. The van der Waals surface area contributed by atoms with Crippen LogP contribution in [0.25, 0.3) is 11.0 Å². The molecule has 10 heavy (non-hydrogen) atoms. The predicted octanol–water partition coefficient (Wildman–Crippen LogP) is 0.825. The van der Waals surface area contributed by atoms with Crippen LogP contribution in [0, 0.1) is 6.20 Å². The highest BCUT2D eigenvalue weighted by Gasteiger charge is 1.89. The lowest BCUT2D eigenvalue weighted by atomic mass is 10.4. The molecule has 2 aromatic heterocycles. The Morgan fingerprint density at radius 2 is 2.30 bits per heavy atom. The fourth-order valence-corrected chi connectivity index (χ4v) is 0.770. The lowest BCUT2D eigenvalue weighted by Gasteiger charge is -1.89. The molecular weight excluding hydrogens is 126 g/mol. The Balaban J connectivity index is 2.89. The summed E-state index contributed by atoms with van der Waals surface area (Å²) in [6.07, 6.45) is 7.54. The van der Waals surface area contributed by atoms with Gasteiger partial charge in [0, 0.05) is 6.20 Å². The number of pyridine rings is 1. The van der Waals surface area contributed by atoms with E-state index in [2.05, 4.69) is 21.1 Å². The van der Waals surface area contributed by atoms with E-state index in [1.807, 2.05) is 0 Å². The van der Waals surface area contributed by atoms with Gasteiger partial charge in [-0.3, -0.25) is 9.97 Å². The summed E-state index contributed by atoms with van der Waals surface area (Å²) in [5.41, 5.74) is 1.64. The molecular formula is C7H4N3. The summed E-state index contributed by atoms with van der Waals surface area (Å²) in [4.78, 5) is 11.9. The minimum Gasteiger partial charge on any atom is -0.262 e. The zero-order valence-corrected chi connectivity index (χ0v) is 5.15. The van der Waals surface area contributed by atoms with E-state index in [4.69, 9.17) is 0 Å². The predicted molar refractivity (Wildman–Crippen MR) is 36.2 cm³/mol. The first kappa shape index (κ1) is 5.29. The molecule has 0 aliphatic carbocycles. The summed E-state index contributed by atoms with van der Waals surface area (Å²) < 4.78 is 0. The van der Waals surface area contributed by atoms with E-state index >= 15 is 0 Å². The van der Waals surface area contributed by atoms with E-state index in [1.54, 1.807) is 18.5 Å². The molecule has 2 rings (SSSR count). The highest BCUT2D eigenvalue weighted by Crippen LogP contribution is 2.01. The summed E-state index contributed by atoms with van der Waals surface area (Å²) in [6.45, 7) is 0. The van der Waals surface area contributed by atoms with Gasteiger partial charge < -0.3 is 0 Å². The Labute approximate surface area is 57.8 Å². The highest BCUT2D eigenvalue weighted by molar-refractivity contribution is 5.71. The Morgan fingerprint density at radius 3 is 3.20 bits per heavy atom. The van der Waals surface area contributed by atoms with Crippen LogP contribution in [0.15, 0.2) is 24.7 Å². The van der Waals surface area contributed by atoms with Crippen molar-refractivity contribution in [1.82, 2.24) is 15.0 Å². The molecule has 0 aromatic carbocycles. The zero-order valence-electron chi connectivity index (χ0n) is 5.15. The summed E-state index contributed by atoms with van der Waals surface area (Å²) >= 11 is 0. The minimum atomic E-state index is 0.807. The maximum atomic E-state index is 4.00. The third-order valence-electron chi connectivity index (χ3n) is 1.22. The summed E-state index contributed by atoms with van der Waals surface area (Å²) in [7, 11) is 0. The van der Waals surface area contributed by atoms with Crippen molar-refractivity contribution in [2.45, 2.75) is 0 Å². The van der Waals surface area contributed by atoms with Gasteiger partial charge in [-0.15, -0.1) is 0 Å². The van der Waals surface area contributed by atoms with Crippen LogP contribution >= 0.6 is 0 Å². The molecule has 1 radical (unpaired) electrons. The van der Waals surface area contributed by atoms with Crippen LogP contribution in [0.1, 0.15) is 0 Å². The van der Waals surface area contributed by atoms with Gasteiger partial charge in [0.25, 0.3) is 0 Å². The molecule has 2 heterocycles. The monoisotopic (exact) mass is 130 g/mol. The van der Waals surface area contributed by atoms with E-state index in [0.29, 0.717) is 0 Å². The third-order valence-corrected chi connectivity index (χ3v) is 1.22. The largest absolute Gasteiger partial charge is 0.262 e. The molecule has 0 saturated heterocycles. The van der Waals surface area contributed by atoms with Gasteiger partial charge in [-0.05, 0) is 6.07 Å². The van der Waals surface area contributed by atoms with E-state index in [-0.39, 0.29) is 0 Å². The van der Waals surface area contributed by atoms with Crippen LogP contribution in [0.2, 0.25) is 0 Å². The Bertz CT molecular complexity index is 280. The Morgan fingerprint density at radius 1 is 1.30 bits per heavy atom. The first-order chi connectivity index (χ1) is 4.97. The van der Waals surface area contributed by atoms with Crippen LogP contribution in [0.3, 0.4) is 0 Å². The van der Waals surface area contributed by atoms with Gasteiger partial charge in [-0.2, -0.15) is 0 Å². The van der Waals surface area contributed by atoms with Gasteiger partial charge in [-0.1, -0.05) is 0 Å². The molecule has 0 fully saturated rings. The fraction of sp³-hybridized carbons (Fsp3) is 0. The van der Waals surface area contributed by atoms with Crippen LogP contribution in [0.4, 0.5) is 0 Å². The first-order valence-corrected chi connectivity index (χ1v) is 2.89. The molecule has 0 unspecified atom stereocenters. The number of hydrogen-bond acceptors (Lipinski definition) is 3. The Hall–Kier alpha value is -1.51. The first-order valence-electron chi connectivity index (χ1n) is 2.89. The van der Waals surface area contributed by atoms with Gasteiger partial charge in [0.2, 0.25) is 0 Å². The van der Waals surface area contributed by atoms with E-state index < -0.39 is 0 Å². The quantitative estimate of drug-likeness (QED) is 0.530. The fourth-order valence-electron chi connectivity index (χ4n) is 0.770. The standard InChI is InChI=1S/C7H4N3/c1-2-8-5-7-6(1)9-3-4-10-7/h1-2,4-5H. The molecule has 2 aromatic rings. The number of aromatic nitrogens is 3. The average molecular weight is 130 g/mol. The van der Waals surface area contributed by atoms with E-state index in [0.717, 1.165) is 11.0 Å². The van der Waals surface area contributed by atoms with Gasteiger partial charge in [-0.25, -0.2) is 4.98 Å². The lowest BCUT2D eigenvalue weighted by Crippen LogP contribution is -1.81. The molecule has 0 bridgehead atoms. The molecule has 0 atom stereocenters. The average Bonchev–Trinajstić information content (AvgIpc) is 2.05. The molecule has 3 heteroatoms. The Kier molecular flexibility index (Phi) is 1.07. The SMILES string of the molecule is [c]1cnc2cnccc2n1. The molecule has 3 nitrogen and oxygen atoms in total. The van der Waals surface area contributed by atoms with Crippen molar-refractivity contribution in [2.24, 2.45) is 0 Å². The van der Waals surface area contributed by atoms with Crippen LogP contribution < -0.4 is 0 Å². The van der Waals surface area contributed by atoms with Crippen LogP contribution in [-0.4, -0.2) is 15.0 Å². The van der Waals surface area contributed by atoms with Gasteiger partial charge in [0.05, 0.1) is 17.9 Å². The van der Waals surface area contributed by atoms with Gasteiger partial charge in [0.1, 0.15) is 11.7 Å². The summed E-state index contributed by atoms with van der Waals surface area (Å²) in [5, 5.41) is 0. The number of nitrogens with zero attached hydrogens (tertiary/aromatic N) is 3. The number of rotatable bonds is 0. The van der Waals surface area contributed by atoms with Crippen molar-refractivity contribution in [3.05, 3.63) is 30.9 Å². The molecule has 47 valence electrons. The zero-order chi connectivity index (χ0) is 6.81. The summed E-state index contributed by atoms with van der Waals surface area (Å²) in [5.74, 6) is 0. The maximum Gasteiger partial charge on any atom is 0.109 e. The molecule has 0 N–H and O–H groups in total. The van der Waals surface area contributed by atoms with Crippen LogP contribution in [0.5, 0.6) is 0 Å². The van der Waals surface area contributed by atoms with E-state index in [1.165, 1.54) is 6.20 Å². The second kappa shape index (κ2) is 2.02. The number of hydrogen-bond donors (Lipinski definition) is 0. The molecule has 0 aliphatic rings. The molecule has 0 saturated carbocycles. The maximum absolute atomic E-state index is 4.00. The third kappa shape index (κ3) is 0.719. The highest BCUT2D eigenvalue weighted by atomic mass is 14.8. The summed E-state index contributed by atoms with van der Waals surface area (Å²) in [6, 6.07) is 1.80. The van der Waals surface area contributed by atoms with Crippen molar-refractivity contribution >= 4 is 11.0 Å². The van der Waals surface area contributed by atoms with Crippen molar-refractivity contribution in [3.8, 4) is 0 Å². The van der Waals surface area contributed by atoms with Crippen LogP contribution in [-0.2, 0) is 0 Å². The normalized spacial score (nSPS) is 10.0. The van der Waals surface area contributed by atoms with Crippen molar-refractivity contribution in [1.29, 1.82) is 0 Å².